The van der Waals surface area contributed by atoms with Gasteiger partial charge in [0.05, 0.1) is 12.5 Å². The molecule has 0 saturated carbocycles. The van der Waals surface area contributed by atoms with E-state index in [4.69, 9.17) is 10.8 Å². The van der Waals surface area contributed by atoms with Gasteiger partial charge in [-0.15, -0.1) is 0 Å². The molecule has 1 aliphatic heterocycles. The van der Waals surface area contributed by atoms with E-state index in [9.17, 15) is 14.4 Å². The van der Waals surface area contributed by atoms with Gasteiger partial charge in [0.2, 0.25) is 11.8 Å². The summed E-state index contributed by atoms with van der Waals surface area (Å²) in [5, 5.41) is 11.9. The maximum atomic E-state index is 11.9. The second-order valence-corrected chi connectivity index (χ2v) is 5.09. The van der Waals surface area contributed by atoms with Gasteiger partial charge in [-0.1, -0.05) is 0 Å². The van der Waals surface area contributed by atoms with Crippen LogP contribution in [0.25, 0.3) is 0 Å². The largest absolute Gasteiger partial charge is 0.481 e. The summed E-state index contributed by atoms with van der Waals surface area (Å²) in [6.45, 7) is 1.96. The topological polar surface area (TPSA) is 113 Å². The Morgan fingerprint density at radius 1 is 1.20 bits per heavy atom. The van der Waals surface area contributed by atoms with Crippen LogP contribution in [0.4, 0.5) is 0 Å². The van der Waals surface area contributed by atoms with Crippen LogP contribution in [0, 0.1) is 5.92 Å². The number of carboxylic acid groups (broad SMARTS) is 1. The van der Waals surface area contributed by atoms with Gasteiger partial charge in [-0.25, -0.2) is 0 Å². The lowest BCUT2D eigenvalue weighted by atomic mass is 9.97. The summed E-state index contributed by atoms with van der Waals surface area (Å²) < 4.78 is 0. The average Bonchev–Trinajstić information content (AvgIpc) is 2.42. The Balaban J connectivity index is 2.09. The first-order chi connectivity index (χ1) is 9.50. The molecule has 114 valence electrons. The van der Waals surface area contributed by atoms with Crippen LogP contribution < -0.4 is 11.1 Å². The third-order valence-electron chi connectivity index (χ3n) is 3.50. The Hall–Kier alpha value is -1.63. The first-order valence-electron chi connectivity index (χ1n) is 7.00. The highest BCUT2D eigenvalue weighted by Gasteiger charge is 2.26. The lowest BCUT2D eigenvalue weighted by Gasteiger charge is -2.30. The second-order valence-electron chi connectivity index (χ2n) is 5.09. The number of aliphatic carboxylic acids is 1. The predicted molar refractivity (Wildman–Crippen MR) is 72.9 cm³/mol. The van der Waals surface area contributed by atoms with Crippen LogP contribution in [-0.2, 0) is 14.4 Å². The van der Waals surface area contributed by atoms with Gasteiger partial charge < -0.3 is 21.1 Å². The molecule has 1 saturated heterocycles. The molecule has 0 aromatic heterocycles. The van der Waals surface area contributed by atoms with Crippen LogP contribution in [-0.4, -0.2) is 54.0 Å². The Bertz CT molecular complexity index is 352. The zero-order chi connectivity index (χ0) is 15.0. The number of amides is 2. The second kappa shape index (κ2) is 8.52. The third kappa shape index (κ3) is 6.01. The smallest absolute Gasteiger partial charge is 0.306 e. The van der Waals surface area contributed by atoms with E-state index in [-0.39, 0.29) is 24.3 Å². The Morgan fingerprint density at radius 3 is 2.40 bits per heavy atom. The van der Waals surface area contributed by atoms with Crippen LogP contribution >= 0.6 is 0 Å². The Morgan fingerprint density at radius 2 is 1.85 bits per heavy atom. The van der Waals surface area contributed by atoms with E-state index in [1.807, 2.05) is 0 Å². The molecule has 4 N–H and O–H groups in total. The number of carbonyl (C=O) groups excluding carboxylic acids is 2. The molecular weight excluding hydrogens is 262 g/mol. The minimum Gasteiger partial charge on any atom is -0.481 e. The fourth-order valence-corrected chi connectivity index (χ4v) is 2.23. The normalized spacial score (nSPS) is 16.1. The molecule has 1 heterocycles. The zero-order valence-corrected chi connectivity index (χ0v) is 11.6. The number of unbranched alkanes of at least 4 members (excludes halogenated alkanes) is 1. The number of hydrogen-bond acceptors (Lipinski definition) is 4. The summed E-state index contributed by atoms with van der Waals surface area (Å²) in [5.41, 5.74) is 5.02. The molecule has 0 aromatic rings. The SMILES string of the molecule is NC(=O)CCCCNCC(=O)N1CCC(C(=O)O)CC1. The molecule has 0 aromatic carbocycles. The highest BCUT2D eigenvalue weighted by Crippen LogP contribution is 2.16. The highest BCUT2D eigenvalue weighted by atomic mass is 16.4. The molecule has 0 radical (unpaired) electrons. The van der Waals surface area contributed by atoms with Crippen LogP contribution in [0.15, 0.2) is 0 Å². The lowest BCUT2D eigenvalue weighted by Crippen LogP contribution is -2.44. The molecule has 7 nitrogen and oxygen atoms in total. The molecule has 0 aliphatic carbocycles. The fraction of sp³-hybridized carbons (Fsp3) is 0.769. The maximum Gasteiger partial charge on any atom is 0.306 e. The standard InChI is InChI=1S/C13H23N3O4/c14-11(17)3-1-2-6-15-9-12(18)16-7-4-10(5-8-16)13(19)20/h10,15H,1-9H2,(H2,14,17)(H,19,20). The predicted octanol–water partition coefficient (Wildman–Crippen LogP) is -0.445. The van der Waals surface area contributed by atoms with E-state index >= 15 is 0 Å². The third-order valence-corrected chi connectivity index (χ3v) is 3.50. The van der Waals surface area contributed by atoms with Gasteiger partial charge in [0, 0.05) is 19.5 Å². The van der Waals surface area contributed by atoms with Gasteiger partial charge in [0.1, 0.15) is 0 Å². The molecule has 7 heteroatoms. The minimum atomic E-state index is -0.773. The number of nitrogens with one attached hydrogen (secondary N) is 1. The summed E-state index contributed by atoms with van der Waals surface area (Å²) in [7, 11) is 0. The first-order valence-corrected chi connectivity index (χ1v) is 7.00. The summed E-state index contributed by atoms with van der Waals surface area (Å²) in [6, 6.07) is 0. The Labute approximate surface area is 118 Å². The number of nitrogens with zero attached hydrogens (tertiary/aromatic N) is 1. The van der Waals surface area contributed by atoms with Crippen molar-refractivity contribution in [3.8, 4) is 0 Å². The van der Waals surface area contributed by atoms with Crippen molar-refractivity contribution >= 4 is 17.8 Å². The maximum absolute atomic E-state index is 11.9. The van der Waals surface area contributed by atoms with E-state index in [0.29, 0.717) is 38.9 Å². The summed E-state index contributed by atoms with van der Waals surface area (Å²) in [4.78, 5) is 34.9. The zero-order valence-electron chi connectivity index (χ0n) is 11.6. The van der Waals surface area contributed by atoms with E-state index in [2.05, 4.69) is 5.32 Å². The number of primary amides is 1. The molecule has 0 bridgehead atoms. The molecule has 1 fully saturated rings. The lowest BCUT2D eigenvalue weighted by molar-refractivity contribution is -0.145. The minimum absolute atomic E-state index is 0.00346. The summed E-state index contributed by atoms with van der Waals surface area (Å²) >= 11 is 0. The van der Waals surface area contributed by atoms with Crippen molar-refractivity contribution in [1.29, 1.82) is 0 Å². The van der Waals surface area contributed by atoms with Crippen molar-refractivity contribution in [3.05, 3.63) is 0 Å². The van der Waals surface area contributed by atoms with Crippen molar-refractivity contribution in [3.63, 3.8) is 0 Å². The molecule has 0 atom stereocenters. The van der Waals surface area contributed by atoms with E-state index in [1.54, 1.807) is 4.90 Å². The van der Waals surface area contributed by atoms with Gasteiger partial charge in [-0.05, 0) is 32.2 Å². The van der Waals surface area contributed by atoms with E-state index < -0.39 is 5.97 Å². The van der Waals surface area contributed by atoms with Crippen molar-refractivity contribution in [1.82, 2.24) is 10.2 Å². The van der Waals surface area contributed by atoms with Crippen molar-refractivity contribution < 1.29 is 19.5 Å². The molecular formula is C13H23N3O4. The molecule has 20 heavy (non-hydrogen) atoms. The number of hydrogen-bond donors (Lipinski definition) is 3. The number of carbonyl (C=O) groups is 3. The van der Waals surface area contributed by atoms with Gasteiger partial charge in [0.15, 0.2) is 0 Å². The first kappa shape index (κ1) is 16.4. The summed E-state index contributed by atoms with van der Waals surface area (Å²) in [5.74, 6) is -1.39. The number of rotatable bonds is 8. The van der Waals surface area contributed by atoms with Crippen molar-refractivity contribution in [2.75, 3.05) is 26.2 Å². The quantitative estimate of drug-likeness (QED) is 0.523. The van der Waals surface area contributed by atoms with Crippen LogP contribution in [0.2, 0.25) is 0 Å². The molecule has 2 amide bonds. The molecule has 1 rings (SSSR count). The van der Waals surface area contributed by atoms with Crippen LogP contribution in [0.3, 0.4) is 0 Å². The van der Waals surface area contributed by atoms with Crippen molar-refractivity contribution in [2.24, 2.45) is 11.7 Å². The number of carboxylic acids is 1. The number of likely N-dealkylation sites (tertiary alicyclic amines) is 1. The number of nitrogens with two attached hydrogens (primary N) is 1. The fourth-order valence-electron chi connectivity index (χ4n) is 2.23. The number of piperidine rings is 1. The van der Waals surface area contributed by atoms with Crippen molar-refractivity contribution in [2.45, 2.75) is 32.1 Å². The Kier molecular flexibility index (Phi) is 7.00. The highest BCUT2D eigenvalue weighted by molar-refractivity contribution is 5.79. The molecule has 0 unspecified atom stereocenters. The van der Waals surface area contributed by atoms with Gasteiger partial charge >= 0.3 is 5.97 Å². The van der Waals surface area contributed by atoms with E-state index in [0.717, 1.165) is 12.8 Å². The van der Waals surface area contributed by atoms with Gasteiger partial charge in [-0.2, -0.15) is 0 Å². The van der Waals surface area contributed by atoms with Crippen LogP contribution in [0.5, 0.6) is 0 Å². The monoisotopic (exact) mass is 285 g/mol. The molecule has 0 spiro atoms. The average molecular weight is 285 g/mol. The van der Waals surface area contributed by atoms with Gasteiger partial charge in [-0.3, -0.25) is 14.4 Å². The van der Waals surface area contributed by atoms with E-state index in [1.165, 1.54) is 0 Å². The molecule has 1 aliphatic rings. The summed E-state index contributed by atoms with van der Waals surface area (Å²) in [6.07, 6.45) is 2.95. The van der Waals surface area contributed by atoms with Gasteiger partial charge in [0.25, 0.3) is 0 Å². The van der Waals surface area contributed by atoms with Crippen LogP contribution in [0.1, 0.15) is 32.1 Å².